The Balaban J connectivity index is 2.49. The molecule has 2 aromatic rings. The first kappa shape index (κ1) is 15.4. The fourth-order valence-corrected chi connectivity index (χ4v) is 2.99. The van der Waals surface area contributed by atoms with Crippen molar-refractivity contribution in [1.29, 1.82) is 0 Å². The lowest BCUT2D eigenvalue weighted by Crippen LogP contribution is -2.03. The van der Waals surface area contributed by atoms with E-state index in [1.165, 1.54) is 0 Å². The van der Waals surface area contributed by atoms with Crippen LogP contribution in [0.15, 0.2) is 34.8 Å². The second kappa shape index (κ2) is 6.17. The van der Waals surface area contributed by atoms with Gasteiger partial charge in [0.15, 0.2) is 0 Å². The molecule has 0 bridgehead atoms. The summed E-state index contributed by atoms with van der Waals surface area (Å²) in [4.78, 5) is 0. The predicted octanol–water partition coefficient (Wildman–Crippen LogP) is 4.81. The molecule has 0 aliphatic heterocycles. The van der Waals surface area contributed by atoms with Crippen LogP contribution in [-0.4, -0.2) is 12.2 Å². The Bertz CT molecular complexity index is 617. The highest BCUT2D eigenvalue weighted by Crippen LogP contribution is 2.35. The molecule has 2 nitrogen and oxygen atoms in total. The zero-order valence-corrected chi connectivity index (χ0v) is 13.9. The van der Waals surface area contributed by atoms with Crippen molar-refractivity contribution in [3.63, 3.8) is 0 Å². The van der Waals surface area contributed by atoms with E-state index in [2.05, 4.69) is 15.9 Å². The molecular formula is C16H16BrClO2. The van der Waals surface area contributed by atoms with E-state index in [9.17, 15) is 5.11 Å². The Morgan fingerprint density at radius 1 is 1.20 bits per heavy atom. The van der Waals surface area contributed by atoms with Crippen molar-refractivity contribution < 1.29 is 9.84 Å². The number of aliphatic hydroxyl groups is 1. The maximum absolute atomic E-state index is 10.6. The summed E-state index contributed by atoms with van der Waals surface area (Å²) in [5.74, 6) is 0.848. The Kier molecular flexibility index (Phi) is 4.74. The van der Waals surface area contributed by atoms with Crippen molar-refractivity contribution in [1.82, 2.24) is 0 Å². The average Bonchev–Trinajstić information content (AvgIpc) is 2.41. The normalized spacial score (nSPS) is 12.3. The summed E-state index contributed by atoms with van der Waals surface area (Å²) in [7, 11) is 1.65. The summed E-state index contributed by atoms with van der Waals surface area (Å²) in [6.45, 7) is 3.93. The van der Waals surface area contributed by atoms with Gasteiger partial charge in [-0.15, -0.1) is 0 Å². The van der Waals surface area contributed by atoms with Crippen LogP contribution in [0.5, 0.6) is 5.75 Å². The Morgan fingerprint density at radius 3 is 2.35 bits per heavy atom. The van der Waals surface area contributed by atoms with Gasteiger partial charge in [0, 0.05) is 10.0 Å². The molecule has 0 aliphatic carbocycles. The van der Waals surface area contributed by atoms with Crippen LogP contribution in [0.4, 0.5) is 0 Å². The van der Waals surface area contributed by atoms with Crippen molar-refractivity contribution in [3.8, 4) is 5.75 Å². The third kappa shape index (κ3) is 2.85. The molecule has 2 rings (SSSR count). The van der Waals surface area contributed by atoms with Gasteiger partial charge in [-0.25, -0.2) is 0 Å². The number of halogens is 2. The maximum atomic E-state index is 10.6. The summed E-state index contributed by atoms with van der Waals surface area (Å²) < 4.78 is 6.12. The number of benzene rings is 2. The number of ether oxygens (including phenoxy) is 1. The number of aliphatic hydroxyl groups excluding tert-OH is 1. The Morgan fingerprint density at radius 2 is 1.80 bits per heavy atom. The molecule has 1 atom stereocenters. The van der Waals surface area contributed by atoms with E-state index in [1.807, 2.05) is 44.2 Å². The quantitative estimate of drug-likeness (QED) is 0.856. The van der Waals surface area contributed by atoms with Crippen molar-refractivity contribution in [2.75, 3.05) is 7.11 Å². The molecule has 1 N–H and O–H groups in total. The predicted molar refractivity (Wildman–Crippen MR) is 85.7 cm³/mol. The Hall–Kier alpha value is -1.03. The van der Waals surface area contributed by atoms with Crippen LogP contribution in [0.3, 0.4) is 0 Å². The van der Waals surface area contributed by atoms with Crippen LogP contribution in [0.2, 0.25) is 5.02 Å². The van der Waals surface area contributed by atoms with E-state index in [0.717, 1.165) is 26.9 Å². The molecule has 2 aromatic carbocycles. The van der Waals surface area contributed by atoms with Crippen LogP contribution >= 0.6 is 27.5 Å². The molecule has 1 unspecified atom stereocenters. The number of rotatable bonds is 3. The van der Waals surface area contributed by atoms with Crippen LogP contribution < -0.4 is 4.74 Å². The molecule has 0 fully saturated rings. The summed E-state index contributed by atoms with van der Waals surface area (Å²) in [6, 6.07) is 9.38. The number of aryl methyl sites for hydroxylation is 2. The molecule has 0 radical (unpaired) electrons. The molecule has 0 saturated heterocycles. The topological polar surface area (TPSA) is 29.5 Å². The van der Waals surface area contributed by atoms with E-state index < -0.39 is 6.10 Å². The van der Waals surface area contributed by atoms with E-state index >= 15 is 0 Å². The molecular weight excluding hydrogens is 340 g/mol. The smallest absolute Gasteiger partial charge is 0.124 e. The van der Waals surface area contributed by atoms with Crippen LogP contribution in [0, 0.1) is 13.8 Å². The fraction of sp³-hybridized carbons (Fsp3) is 0.250. The van der Waals surface area contributed by atoms with Crippen LogP contribution in [0.1, 0.15) is 28.4 Å². The molecule has 0 spiro atoms. The molecule has 0 saturated carbocycles. The third-order valence-corrected chi connectivity index (χ3v) is 4.59. The highest BCUT2D eigenvalue weighted by Gasteiger charge is 2.17. The summed E-state index contributed by atoms with van der Waals surface area (Å²) in [5, 5.41) is 11.1. The second-order valence-corrected chi connectivity index (χ2v) is 5.97. The van der Waals surface area contributed by atoms with Crippen molar-refractivity contribution >= 4 is 27.5 Å². The van der Waals surface area contributed by atoms with Gasteiger partial charge >= 0.3 is 0 Å². The lowest BCUT2D eigenvalue weighted by Gasteiger charge is -2.17. The van der Waals surface area contributed by atoms with Crippen molar-refractivity contribution in [2.45, 2.75) is 20.0 Å². The van der Waals surface area contributed by atoms with Gasteiger partial charge in [0.05, 0.1) is 12.1 Å². The molecule has 106 valence electrons. The minimum atomic E-state index is -0.761. The SMILES string of the molecule is COc1c(C)cc(C(O)c2cccc(Br)c2Cl)cc1C. The number of methoxy groups -OCH3 is 1. The minimum absolute atomic E-state index is 0.533. The zero-order chi connectivity index (χ0) is 14.9. The summed E-state index contributed by atoms with van der Waals surface area (Å²) >= 11 is 9.62. The zero-order valence-electron chi connectivity index (χ0n) is 11.6. The molecule has 0 aromatic heterocycles. The highest BCUT2D eigenvalue weighted by molar-refractivity contribution is 9.10. The van der Waals surface area contributed by atoms with Gasteiger partial charge in [0.2, 0.25) is 0 Å². The Labute approximate surface area is 132 Å². The molecule has 20 heavy (non-hydrogen) atoms. The van der Waals surface area contributed by atoms with Crippen molar-refractivity contribution in [2.24, 2.45) is 0 Å². The average molecular weight is 356 g/mol. The maximum Gasteiger partial charge on any atom is 0.124 e. The van der Waals surface area contributed by atoms with Gasteiger partial charge in [0.25, 0.3) is 0 Å². The van der Waals surface area contributed by atoms with Crippen molar-refractivity contribution in [3.05, 3.63) is 62.1 Å². The third-order valence-electron chi connectivity index (χ3n) is 3.28. The summed E-state index contributed by atoms with van der Waals surface area (Å²) in [5.41, 5.74) is 3.48. The van der Waals surface area contributed by atoms with E-state index in [-0.39, 0.29) is 0 Å². The van der Waals surface area contributed by atoms with Gasteiger partial charge < -0.3 is 9.84 Å². The van der Waals surface area contributed by atoms with Gasteiger partial charge in [-0.05, 0) is 64.7 Å². The lowest BCUT2D eigenvalue weighted by atomic mass is 9.97. The fourth-order valence-electron chi connectivity index (χ4n) is 2.37. The second-order valence-electron chi connectivity index (χ2n) is 4.73. The van der Waals surface area contributed by atoms with Gasteiger partial charge in [-0.1, -0.05) is 23.7 Å². The first-order valence-electron chi connectivity index (χ1n) is 6.22. The first-order chi connectivity index (χ1) is 9.45. The molecule has 0 heterocycles. The number of hydrogen-bond donors (Lipinski definition) is 1. The minimum Gasteiger partial charge on any atom is -0.496 e. The lowest BCUT2D eigenvalue weighted by molar-refractivity contribution is 0.220. The van der Waals surface area contributed by atoms with E-state index in [4.69, 9.17) is 16.3 Å². The van der Waals surface area contributed by atoms with E-state index in [1.54, 1.807) is 7.11 Å². The molecule has 0 amide bonds. The first-order valence-corrected chi connectivity index (χ1v) is 7.40. The van der Waals surface area contributed by atoms with Crippen LogP contribution in [0.25, 0.3) is 0 Å². The monoisotopic (exact) mass is 354 g/mol. The van der Waals surface area contributed by atoms with E-state index in [0.29, 0.717) is 10.6 Å². The number of hydrogen-bond acceptors (Lipinski definition) is 2. The summed E-state index contributed by atoms with van der Waals surface area (Å²) in [6.07, 6.45) is -0.761. The largest absolute Gasteiger partial charge is 0.496 e. The van der Waals surface area contributed by atoms with Gasteiger partial charge in [-0.3, -0.25) is 0 Å². The standard InChI is InChI=1S/C16H16BrClO2/c1-9-7-11(8-10(2)16(9)20-3)15(19)12-5-4-6-13(17)14(12)18/h4-8,15,19H,1-3H3. The molecule has 4 heteroatoms. The molecule has 0 aliphatic rings. The van der Waals surface area contributed by atoms with Gasteiger partial charge in [-0.2, -0.15) is 0 Å². The van der Waals surface area contributed by atoms with Crippen LogP contribution in [-0.2, 0) is 0 Å². The highest BCUT2D eigenvalue weighted by atomic mass is 79.9. The van der Waals surface area contributed by atoms with Gasteiger partial charge in [0.1, 0.15) is 11.9 Å².